The largest absolute Gasteiger partial charge is 0.376 e. The van der Waals surface area contributed by atoms with Crippen molar-refractivity contribution in [2.45, 2.75) is 31.8 Å². The second-order valence-corrected chi connectivity index (χ2v) is 5.49. The second-order valence-electron chi connectivity index (χ2n) is 4.63. The fourth-order valence-corrected chi connectivity index (χ4v) is 2.59. The van der Waals surface area contributed by atoms with Gasteiger partial charge in [-0.05, 0) is 40.9 Å². The maximum atomic E-state index is 13.7. The predicted molar refractivity (Wildman–Crippen MR) is 74.6 cm³/mol. The Kier molecular flexibility index (Phi) is 5.34. The van der Waals surface area contributed by atoms with Gasteiger partial charge in [-0.15, -0.1) is 0 Å². The normalized spacial score (nSPS) is 15.7. The molecule has 1 amide bonds. The SMILES string of the molecule is O=C(NCCOC1CCCC1)c1cccc(Br)c1F. The second kappa shape index (κ2) is 7.01. The molecule has 2 rings (SSSR count). The Balaban J connectivity index is 1.76. The third kappa shape index (κ3) is 4.01. The van der Waals surface area contributed by atoms with Crippen molar-refractivity contribution in [1.82, 2.24) is 5.32 Å². The van der Waals surface area contributed by atoms with Crippen LogP contribution < -0.4 is 5.32 Å². The lowest BCUT2D eigenvalue weighted by atomic mass is 10.2. The molecule has 104 valence electrons. The molecule has 0 aromatic heterocycles. The lowest BCUT2D eigenvalue weighted by Gasteiger charge is -2.11. The lowest BCUT2D eigenvalue weighted by Crippen LogP contribution is -2.29. The van der Waals surface area contributed by atoms with E-state index in [1.165, 1.54) is 18.9 Å². The molecule has 1 fully saturated rings. The van der Waals surface area contributed by atoms with Crippen molar-refractivity contribution in [3.8, 4) is 0 Å². The summed E-state index contributed by atoms with van der Waals surface area (Å²) in [5, 5.41) is 2.67. The Morgan fingerprint density at radius 2 is 2.16 bits per heavy atom. The van der Waals surface area contributed by atoms with Gasteiger partial charge in [0.05, 0.1) is 22.7 Å². The van der Waals surface area contributed by atoms with Gasteiger partial charge < -0.3 is 10.1 Å². The molecule has 1 N–H and O–H groups in total. The molecule has 1 saturated carbocycles. The summed E-state index contributed by atoms with van der Waals surface area (Å²) in [7, 11) is 0. The molecule has 0 aliphatic heterocycles. The molecule has 0 unspecified atom stereocenters. The zero-order valence-electron chi connectivity index (χ0n) is 10.6. The average molecular weight is 330 g/mol. The third-order valence-corrected chi connectivity index (χ3v) is 3.85. The molecule has 0 bridgehead atoms. The van der Waals surface area contributed by atoms with Crippen LogP contribution in [-0.2, 0) is 4.74 Å². The average Bonchev–Trinajstić information content (AvgIpc) is 2.91. The van der Waals surface area contributed by atoms with Crippen molar-refractivity contribution in [3.63, 3.8) is 0 Å². The van der Waals surface area contributed by atoms with E-state index in [2.05, 4.69) is 21.2 Å². The Bertz CT molecular complexity index is 447. The van der Waals surface area contributed by atoms with Crippen molar-refractivity contribution in [2.24, 2.45) is 0 Å². The number of ether oxygens (including phenoxy) is 1. The molecular formula is C14H17BrFNO2. The van der Waals surface area contributed by atoms with Crippen LogP contribution in [0.4, 0.5) is 4.39 Å². The van der Waals surface area contributed by atoms with Gasteiger partial charge in [0.2, 0.25) is 0 Å². The molecule has 0 heterocycles. The van der Waals surface area contributed by atoms with E-state index in [0.29, 0.717) is 23.7 Å². The van der Waals surface area contributed by atoms with E-state index in [0.717, 1.165) is 12.8 Å². The van der Waals surface area contributed by atoms with Gasteiger partial charge in [-0.3, -0.25) is 4.79 Å². The van der Waals surface area contributed by atoms with Crippen molar-refractivity contribution < 1.29 is 13.9 Å². The van der Waals surface area contributed by atoms with E-state index >= 15 is 0 Å². The van der Waals surface area contributed by atoms with E-state index in [9.17, 15) is 9.18 Å². The molecule has 1 aliphatic carbocycles. The minimum atomic E-state index is -0.531. The maximum absolute atomic E-state index is 13.7. The first-order valence-electron chi connectivity index (χ1n) is 6.52. The molecule has 3 nitrogen and oxygen atoms in total. The van der Waals surface area contributed by atoms with Crippen LogP contribution in [0.25, 0.3) is 0 Å². The van der Waals surface area contributed by atoms with E-state index < -0.39 is 11.7 Å². The quantitative estimate of drug-likeness (QED) is 0.842. The topological polar surface area (TPSA) is 38.3 Å². The van der Waals surface area contributed by atoms with Crippen molar-refractivity contribution in [2.75, 3.05) is 13.2 Å². The first-order chi connectivity index (χ1) is 9.18. The Morgan fingerprint density at radius 1 is 1.42 bits per heavy atom. The van der Waals surface area contributed by atoms with Crippen LogP contribution in [0, 0.1) is 5.82 Å². The maximum Gasteiger partial charge on any atom is 0.254 e. The van der Waals surface area contributed by atoms with Crippen LogP contribution >= 0.6 is 15.9 Å². The number of rotatable bonds is 5. The number of hydrogen-bond acceptors (Lipinski definition) is 2. The van der Waals surface area contributed by atoms with Crippen LogP contribution in [0.3, 0.4) is 0 Å². The summed E-state index contributed by atoms with van der Waals surface area (Å²) in [6.45, 7) is 0.882. The standard InChI is InChI=1S/C14H17BrFNO2/c15-12-7-3-6-11(13(12)16)14(18)17-8-9-19-10-4-1-2-5-10/h3,6-7,10H,1-2,4-5,8-9H2,(H,17,18). The van der Waals surface area contributed by atoms with Gasteiger partial charge in [-0.1, -0.05) is 18.9 Å². The molecule has 0 radical (unpaired) electrons. The number of hydrogen-bond donors (Lipinski definition) is 1. The number of benzene rings is 1. The first-order valence-corrected chi connectivity index (χ1v) is 7.31. The highest BCUT2D eigenvalue weighted by atomic mass is 79.9. The van der Waals surface area contributed by atoms with Crippen LogP contribution in [0.2, 0.25) is 0 Å². The molecule has 5 heteroatoms. The summed E-state index contributed by atoms with van der Waals surface area (Å²) in [5.41, 5.74) is 0.0511. The van der Waals surface area contributed by atoms with E-state index in [1.54, 1.807) is 12.1 Å². The summed E-state index contributed by atoms with van der Waals surface area (Å²) < 4.78 is 19.6. The summed E-state index contributed by atoms with van der Waals surface area (Å²) in [6, 6.07) is 4.67. The minimum absolute atomic E-state index is 0.0511. The van der Waals surface area contributed by atoms with Crippen molar-refractivity contribution in [3.05, 3.63) is 34.1 Å². The molecule has 1 aromatic carbocycles. The number of halogens is 2. The molecule has 1 aliphatic rings. The van der Waals surface area contributed by atoms with Crippen LogP contribution in [0.1, 0.15) is 36.0 Å². The Hall–Kier alpha value is -0.940. The Morgan fingerprint density at radius 3 is 2.89 bits per heavy atom. The fraction of sp³-hybridized carbons (Fsp3) is 0.500. The molecule has 0 saturated heterocycles. The van der Waals surface area contributed by atoms with Gasteiger partial charge in [0, 0.05) is 6.54 Å². The number of nitrogens with one attached hydrogen (secondary N) is 1. The molecule has 1 aromatic rings. The highest BCUT2D eigenvalue weighted by Gasteiger charge is 2.16. The lowest BCUT2D eigenvalue weighted by molar-refractivity contribution is 0.0581. The van der Waals surface area contributed by atoms with Gasteiger partial charge >= 0.3 is 0 Å². The number of amides is 1. The summed E-state index contributed by atoms with van der Waals surface area (Å²) >= 11 is 3.06. The van der Waals surface area contributed by atoms with Crippen LogP contribution in [-0.4, -0.2) is 25.2 Å². The summed E-state index contributed by atoms with van der Waals surface area (Å²) in [6.07, 6.45) is 4.99. The summed E-state index contributed by atoms with van der Waals surface area (Å²) in [4.78, 5) is 11.8. The molecular weight excluding hydrogens is 313 g/mol. The molecule has 0 atom stereocenters. The zero-order valence-corrected chi connectivity index (χ0v) is 12.2. The van der Waals surface area contributed by atoms with Gasteiger partial charge in [-0.2, -0.15) is 0 Å². The van der Waals surface area contributed by atoms with Gasteiger partial charge in [0.1, 0.15) is 5.82 Å². The summed E-state index contributed by atoms with van der Waals surface area (Å²) in [5.74, 6) is -0.939. The third-order valence-electron chi connectivity index (χ3n) is 3.24. The highest BCUT2D eigenvalue weighted by molar-refractivity contribution is 9.10. The van der Waals surface area contributed by atoms with Gasteiger partial charge in [0.25, 0.3) is 5.91 Å². The first kappa shape index (κ1) is 14.5. The number of carbonyl (C=O) groups excluding carboxylic acids is 1. The van der Waals surface area contributed by atoms with Gasteiger partial charge in [-0.25, -0.2) is 4.39 Å². The minimum Gasteiger partial charge on any atom is -0.376 e. The van der Waals surface area contributed by atoms with Crippen LogP contribution in [0.15, 0.2) is 22.7 Å². The van der Waals surface area contributed by atoms with Gasteiger partial charge in [0.15, 0.2) is 0 Å². The predicted octanol–water partition coefficient (Wildman–Crippen LogP) is 3.28. The number of carbonyl (C=O) groups is 1. The molecule has 0 spiro atoms. The Labute approximate surface area is 120 Å². The molecule has 19 heavy (non-hydrogen) atoms. The van der Waals surface area contributed by atoms with E-state index in [4.69, 9.17) is 4.74 Å². The zero-order chi connectivity index (χ0) is 13.7. The fourth-order valence-electron chi connectivity index (χ4n) is 2.22. The van der Waals surface area contributed by atoms with Crippen molar-refractivity contribution >= 4 is 21.8 Å². The van der Waals surface area contributed by atoms with E-state index in [-0.39, 0.29) is 5.56 Å². The monoisotopic (exact) mass is 329 g/mol. The highest BCUT2D eigenvalue weighted by Crippen LogP contribution is 2.20. The van der Waals surface area contributed by atoms with Crippen LogP contribution in [0.5, 0.6) is 0 Å². The smallest absolute Gasteiger partial charge is 0.254 e. The van der Waals surface area contributed by atoms with E-state index in [1.807, 2.05) is 0 Å². The van der Waals surface area contributed by atoms with Crippen molar-refractivity contribution in [1.29, 1.82) is 0 Å².